The van der Waals surface area contributed by atoms with Crippen LogP contribution in [0.2, 0.25) is 0 Å². The van der Waals surface area contributed by atoms with E-state index in [-0.39, 0.29) is 5.91 Å². The number of benzene rings is 2. The zero-order valence-electron chi connectivity index (χ0n) is 16.4. The molecule has 1 fully saturated rings. The van der Waals surface area contributed by atoms with Gasteiger partial charge in [-0.25, -0.2) is 0 Å². The minimum absolute atomic E-state index is 0.0255. The number of nitrogens with zero attached hydrogens (tertiary/aromatic N) is 1. The minimum atomic E-state index is 0.0255. The predicted octanol–water partition coefficient (Wildman–Crippen LogP) is 4.87. The zero-order chi connectivity index (χ0) is 19.0. The number of rotatable bonds is 4. The Kier molecular flexibility index (Phi) is 4.65. The summed E-state index contributed by atoms with van der Waals surface area (Å²) in [6.07, 6.45) is 2.91. The lowest BCUT2D eigenvalue weighted by atomic mass is 10.1. The number of hydrogen-bond acceptors (Lipinski definition) is 2. The maximum Gasteiger partial charge on any atom is 0.228 e. The molecule has 0 aliphatic carbocycles. The van der Waals surface area contributed by atoms with E-state index in [4.69, 9.17) is 0 Å². The van der Waals surface area contributed by atoms with Crippen LogP contribution in [0.25, 0.3) is 10.9 Å². The predicted molar refractivity (Wildman–Crippen MR) is 113 cm³/mol. The van der Waals surface area contributed by atoms with Crippen molar-refractivity contribution in [3.8, 4) is 0 Å². The Bertz CT molecular complexity index is 996. The van der Waals surface area contributed by atoms with Crippen LogP contribution >= 0.6 is 0 Å². The van der Waals surface area contributed by atoms with Gasteiger partial charge in [0.25, 0.3) is 0 Å². The second-order valence-corrected chi connectivity index (χ2v) is 7.70. The summed E-state index contributed by atoms with van der Waals surface area (Å²) in [6.45, 7) is 8.44. The van der Waals surface area contributed by atoms with E-state index in [1.165, 1.54) is 24.1 Å². The number of fused-ring (bicyclic) bond motifs is 1. The molecule has 4 rings (SSSR count). The van der Waals surface area contributed by atoms with Gasteiger partial charge in [-0.2, -0.15) is 0 Å². The van der Waals surface area contributed by atoms with Crippen LogP contribution in [0.1, 0.15) is 35.2 Å². The first-order chi connectivity index (χ1) is 13.0. The van der Waals surface area contributed by atoms with E-state index >= 15 is 0 Å². The van der Waals surface area contributed by atoms with Crippen molar-refractivity contribution in [2.45, 2.75) is 40.0 Å². The number of carbonyl (C=O) groups is 1. The monoisotopic (exact) mass is 361 g/mol. The molecule has 27 heavy (non-hydrogen) atoms. The van der Waals surface area contributed by atoms with Crippen LogP contribution in [0.4, 0.5) is 11.4 Å². The Morgan fingerprint density at radius 3 is 2.59 bits per heavy atom. The normalized spacial score (nSPS) is 14.1. The fourth-order valence-corrected chi connectivity index (χ4v) is 4.04. The zero-order valence-corrected chi connectivity index (χ0v) is 16.4. The standard InChI is InChI=1S/C23H27N3O/c1-15-6-8-22-20(12-15)19(17(3)24-22)14-23(27)25-21-9-7-18(13-16(21)2)26-10-4-5-11-26/h6-9,12-13,24H,4-5,10-11,14H2,1-3H3,(H,25,27). The number of nitrogens with one attached hydrogen (secondary N) is 2. The third-order valence-electron chi connectivity index (χ3n) is 5.57. The van der Waals surface area contributed by atoms with Gasteiger partial charge in [-0.1, -0.05) is 11.6 Å². The summed E-state index contributed by atoms with van der Waals surface area (Å²) in [6, 6.07) is 12.7. The van der Waals surface area contributed by atoms with Crippen LogP contribution in [0.5, 0.6) is 0 Å². The van der Waals surface area contributed by atoms with Crippen LogP contribution < -0.4 is 10.2 Å². The van der Waals surface area contributed by atoms with E-state index in [9.17, 15) is 4.79 Å². The van der Waals surface area contributed by atoms with Gasteiger partial charge in [-0.3, -0.25) is 4.79 Å². The van der Waals surface area contributed by atoms with Gasteiger partial charge in [0, 0.05) is 41.1 Å². The molecule has 0 atom stereocenters. The van der Waals surface area contributed by atoms with E-state index in [0.717, 1.165) is 46.5 Å². The third-order valence-corrected chi connectivity index (χ3v) is 5.57. The summed E-state index contributed by atoms with van der Waals surface area (Å²) < 4.78 is 0. The average Bonchev–Trinajstić information content (AvgIpc) is 3.26. The molecule has 4 heteroatoms. The Balaban J connectivity index is 1.51. The van der Waals surface area contributed by atoms with Gasteiger partial charge in [0.05, 0.1) is 6.42 Å². The Morgan fingerprint density at radius 2 is 1.85 bits per heavy atom. The fraction of sp³-hybridized carbons (Fsp3) is 0.348. The van der Waals surface area contributed by atoms with Crippen molar-refractivity contribution in [2.24, 2.45) is 0 Å². The number of carbonyl (C=O) groups excluding carboxylic acids is 1. The molecule has 1 aromatic heterocycles. The summed E-state index contributed by atoms with van der Waals surface area (Å²) in [5.41, 5.74) is 7.70. The molecule has 0 bridgehead atoms. The number of hydrogen-bond donors (Lipinski definition) is 2. The topological polar surface area (TPSA) is 48.1 Å². The average molecular weight is 361 g/mol. The van der Waals surface area contributed by atoms with E-state index in [2.05, 4.69) is 59.4 Å². The summed E-state index contributed by atoms with van der Waals surface area (Å²) in [7, 11) is 0. The number of aryl methyl sites for hydroxylation is 3. The van der Waals surface area contributed by atoms with Crippen molar-refractivity contribution in [1.29, 1.82) is 0 Å². The molecule has 140 valence electrons. The van der Waals surface area contributed by atoms with Crippen molar-refractivity contribution in [1.82, 2.24) is 4.98 Å². The lowest BCUT2D eigenvalue weighted by Gasteiger charge is -2.19. The smallest absolute Gasteiger partial charge is 0.228 e. The second kappa shape index (κ2) is 7.10. The molecule has 0 radical (unpaired) electrons. The highest BCUT2D eigenvalue weighted by Crippen LogP contribution is 2.27. The van der Waals surface area contributed by atoms with Gasteiger partial charge >= 0.3 is 0 Å². The van der Waals surface area contributed by atoms with Crippen molar-refractivity contribution in [3.05, 3.63) is 58.8 Å². The highest BCUT2D eigenvalue weighted by atomic mass is 16.1. The van der Waals surface area contributed by atoms with Gasteiger partial charge < -0.3 is 15.2 Å². The maximum atomic E-state index is 12.7. The van der Waals surface area contributed by atoms with Crippen molar-refractivity contribution in [2.75, 3.05) is 23.3 Å². The first-order valence-electron chi connectivity index (χ1n) is 9.74. The number of amides is 1. The summed E-state index contributed by atoms with van der Waals surface area (Å²) in [5.74, 6) is 0.0255. The maximum absolute atomic E-state index is 12.7. The molecule has 0 saturated carbocycles. The first kappa shape index (κ1) is 17.7. The number of anilines is 2. The van der Waals surface area contributed by atoms with Crippen LogP contribution in [-0.2, 0) is 11.2 Å². The third kappa shape index (κ3) is 3.57. The highest BCUT2D eigenvalue weighted by molar-refractivity contribution is 5.97. The molecule has 0 unspecified atom stereocenters. The largest absolute Gasteiger partial charge is 0.372 e. The van der Waals surface area contributed by atoms with Gasteiger partial charge in [0.1, 0.15) is 0 Å². The minimum Gasteiger partial charge on any atom is -0.372 e. The van der Waals surface area contributed by atoms with E-state index in [1.807, 2.05) is 13.0 Å². The van der Waals surface area contributed by atoms with E-state index < -0.39 is 0 Å². The van der Waals surface area contributed by atoms with Gasteiger partial charge in [0.15, 0.2) is 0 Å². The molecular formula is C23H27N3O. The first-order valence-corrected chi connectivity index (χ1v) is 9.74. The molecule has 2 aromatic carbocycles. The second-order valence-electron chi connectivity index (χ2n) is 7.70. The Labute approximate surface area is 160 Å². The number of aromatic nitrogens is 1. The summed E-state index contributed by atoms with van der Waals surface area (Å²) in [5, 5.41) is 4.24. The van der Waals surface area contributed by atoms with Gasteiger partial charge in [0.2, 0.25) is 5.91 Å². The lowest BCUT2D eigenvalue weighted by Crippen LogP contribution is -2.18. The van der Waals surface area contributed by atoms with E-state index in [0.29, 0.717) is 6.42 Å². The molecule has 2 heterocycles. The number of H-pyrrole nitrogens is 1. The molecule has 1 amide bonds. The Morgan fingerprint density at radius 1 is 1.07 bits per heavy atom. The SMILES string of the molecule is Cc1ccc2[nH]c(C)c(CC(=O)Nc3ccc(N4CCCC4)cc3C)c2c1. The molecule has 2 N–H and O–H groups in total. The van der Waals surface area contributed by atoms with Crippen molar-refractivity contribution >= 4 is 28.2 Å². The molecule has 4 nitrogen and oxygen atoms in total. The van der Waals surface area contributed by atoms with Crippen LogP contribution in [0, 0.1) is 20.8 Å². The van der Waals surface area contributed by atoms with Crippen LogP contribution in [0.15, 0.2) is 36.4 Å². The van der Waals surface area contributed by atoms with Gasteiger partial charge in [-0.15, -0.1) is 0 Å². The molecule has 3 aromatic rings. The Hall–Kier alpha value is -2.75. The lowest BCUT2D eigenvalue weighted by molar-refractivity contribution is -0.115. The van der Waals surface area contributed by atoms with Crippen LogP contribution in [0.3, 0.4) is 0 Å². The molecule has 1 aliphatic heterocycles. The summed E-state index contributed by atoms with van der Waals surface area (Å²) >= 11 is 0. The number of aromatic amines is 1. The van der Waals surface area contributed by atoms with Crippen LogP contribution in [-0.4, -0.2) is 24.0 Å². The van der Waals surface area contributed by atoms with E-state index in [1.54, 1.807) is 0 Å². The highest BCUT2D eigenvalue weighted by Gasteiger charge is 2.15. The van der Waals surface area contributed by atoms with Crippen molar-refractivity contribution < 1.29 is 4.79 Å². The quantitative estimate of drug-likeness (QED) is 0.696. The molecule has 1 aliphatic rings. The molecule has 0 spiro atoms. The molecular weight excluding hydrogens is 334 g/mol. The van der Waals surface area contributed by atoms with Crippen molar-refractivity contribution in [3.63, 3.8) is 0 Å². The van der Waals surface area contributed by atoms with Gasteiger partial charge in [-0.05, 0) is 75.1 Å². The fourth-order valence-electron chi connectivity index (χ4n) is 4.04. The molecule has 1 saturated heterocycles. The summed E-state index contributed by atoms with van der Waals surface area (Å²) in [4.78, 5) is 18.5.